The van der Waals surface area contributed by atoms with Crippen LogP contribution < -0.4 is 15.6 Å². The van der Waals surface area contributed by atoms with Gasteiger partial charge in [-0.1, -0.05) is 37.5 Å². The smallest absolute Gasteiger partial charge is 0.262 e. The van der Waals surface area contributed by atoms with Crippen LogP contribution >= 0.6 is 0 Å². The van der Waals surface area contributed by atoms with Crippen LogP contribution in [0.25, 0.3) is 10.9 Å². The highest BCUT2D eigenvalue weighted by Crippen LogP contribution is 2.33. The van der Waals surface area contributed by atoms with Gasteiger partial charge in [-0.25, -0.2) is 17.8 Å². The first-order valence-corrected chi connectivity index (χ1v) is 12.7. The normalized spacial score (nSPS) is 15.6. The Kier molecular flexibility index (Phi) is 6.54. The van der Waals surface area contributed by atoms with E-state index in [0.717, 1.165) is 24.0 Å². The number of hydrogen-bond donors (Lipinski definition) is 3. The van der Waals surface area contributed by atoms with Crippen molar-refractivity contribution in [1.82, 2.24) is 15.3 Å². The lowest BCUT2D eigenvalue weighted by Gasteiger charge is -2.38. The maximum Gasteiger partial charge on any atom is 0.262 e. The average Bonchev–Trinajstić information content (AvgIpc) is 2.79. The number of rotatable bonds is 7. The van der Waals surface area contributed by atoms with E-state index in [4.69, 9.17) is 0 Å². The van der Waals surface area contributed by atoms with Crippen molar-refractivity contribution in [3.63, 3.8) is 0 Å². The predicted octanol–water partition coefficient (Wildman–Crippen LogP) is 4.31. The molecule has 1 fully saturated rings. The number of nitrogens with one attached hydrogen (secondary N) is 3. The fraction of sp³-hybridized carbons (Fsp3) is 0.417. The summed E-state index contributed by atoms with van der Waals surface area (Å²) in [5.74, 6) is -0.300. The van der Waals surface area contributed by atoms with E-state index in [1.54, 1.807) is 12.1 Å². The van der Waals surface area contributed by atoms with Gasteiger partial charge in [-0.3, -0.25) is 9.52 Å². The van der Waals surface area contributed by atoms with E-state index >= 15 is 0 Å². The molecule has 1 heterocycles. The van der Waals surface area contributed by atoms with E-state index in [0.29, 0.717) is 18.2 Å². The molecule has 0 unspecified atom stereocenters. The van der Waals surface area contributed by atoms with Crippen molar-refractivity contribution in [2.24, 2.45) is 5.92 Å². The molecule has 9 heteroatoms. The molecule has 0 saturated heterocycles. The second-order valence-corrected chi connectivity index (χ2v) is 10.9. The molecular formula is C24H29FN4O3S. The van der Waals surface area contributed by atoms with Crippen molar-refractivity contribution in [2.75, 3.05) is 4.72 Å². The van der Waals surface area contributed by atoms with Crippen molar-refractivity contribution >= 4 is 26.6 Å². The summed E-state index contributed by atoms with van der Waals surface area (Å²) in [5, 5.41) is 3.48. The van der Waals surface area contributed by atoms with Gasteiger partial charge in [0.15, 0.2) is 5.82 Å². The number of anilines is 1. The van der Waals surface area contributed by atoms with Crippen molar-refractivity contribution in [1.29, 1.82) is 0 Å². The molecule has 0 amide bonds. The number of sulfonamides is 1. The number of halogens is 1. The molecule has 1 aromatic heterocycles. The fourth-order valence-corrected chi connectivity index (χ4v) is 5.67. The molecular weight excluding hydrogens is 443 g/mol. The third-order valence-corrected chi connectivity index (χ3v) is 7.95. The Hall–Kier alpha value is -2.78. The molecule has 0 atom stereocenters. The molecule has 1 aliphatic carbocycles. The van der Waals surface area contributed by atoms with E-state index < -0.39 is 21.4 Å². The lowest BCUT2D eigenvalue weighted by Crippen LogP contribution is -2.46. The fourth-order valence-electron chi connectivity index (χ4n) is 4.54. The summed E-state index contributed by atoms with van der Waals surface area (Å²) in [5.41, 5.74) is 0.329. The third-order valence-electron chi connectivity index (χ3n) is 6.60. The van der Waals surface area contributed by atoms with Gasteiger partial charge in [0, 0.05) is 12.1 Å². The second-order valence-electron chi connectivity index (χ2n) is 9.21. The van der Waals surface area contributed by atoms with Crippen LogP contribution in [-0.2, 0) is 16.6 Å². The maximum atomic E-state index is 14.5. The van der Waals surface area contributed by atoms with Crippen LogP contribution in [0.3, 0.4) is 0 Å². The molecule has 0 spiro atoms. The van der Waals surface area contributed by atoms with Gasteiger partial charge < -0.3 is 10.3 Å². The topological polar surface area (TPSA) is 104 Å². The summed E-state index contributed by atoms with van der Waals surface area (Å²) in [4.78, 5) is 17.8. The standard InChI is InChI=1S/C24H29FN4O3S/c1-24(2,17-9-4-3-5-10-17)28-14-16-8-6-7-11-21(16)29-33(31,32)18-12-19-22(20(25)13-18)26-15-27-23(19)30/h6-8,11-13,15,17,28-29H,3-5,9-10,14H2,1-2H3,(H,26,27,30). The predicted molar refractivity (Wildman–Crippen MR) is 127 cm³/mol. The largest absolute Gasteiger partial charge is 0.313 e. The molecule has 2 aromatic carbocycles. The Balaban J connectivity index is 1.58. The van der Waals surface area contributed by atoms with Crippen molar-refractivity contribution < 1.29 is 12.8 Å². The minimum atomic E-state index is -4.14. The Morgan fingerprint density at radius 3 is 2.64 bits per heavy atom. The van der Waals surface area contributed by atoms with E-state index in [2.05, 4.69) is 33.9 Å². The molecule has 3 N–H and O–H groups in total. The lowest BCUT2D eigenvalue weighted by atomic mass is 9.76. The van der Waals surface area contributed by atoms with Crippen molar-refractivity contribution in [3.8, 4) is 0 Å². The van der Waals surface area contributed by atoms with Crippen LogP contribution in [0.1, 0.15) is 51.5 Å². The summed E-state index contributed by atoms with van der Waals surface area (Å²) in [7, 11) is -4.14. The molecule has 0 bridgehead atoms. The van der Waals surface area contributed by atoms with Gasteiger partial charge in [0.25, 0.3) is 15.6 Å². The minimum absolute atomic E-state index is 0.0814. The highest BCUT2D eigenvalue weighted by Gasteiger charge is 2.30. The lowest BCUT2D eigenvalue weighted by molar-refractivity contribution is 0.193. The molecule has 1 saturated carbocycles. The van der Waals surface area contributed by atoms with Crippen LogP contribution in [0.4, 0.5) is 10.1 Å². The summed E-state index contributed by atoms with van der Waals surface area (Å²) < 4.78 is 43.2. The summed E-state index contributed by atoms with van der Waals surface area (Å²) >= 11 is 0. The number of para-hydroxylation sites is 1. The van der Waals surface area contributed by atoms with Crippen LogP contribution in [0.2, 0.25) is 0 Å². The van der Waals surface area contributed by atoms with Gasteiger partial charge in [-0.15, -0.1) is 0 Å². The van der Waals surface area contributed by atoms with Crippen LogP contribution in [-0.4, -0.2) is 23.9 Å². The monoisotopic (exact) mass is 472 g/mol. The first kappa shape index (κ1) is 23.4. The first-order chi connectivity index (χ1) is 15.7. The van der Waals surface area contributed by atoms with Crippen LogP contribution in [0.15, 0.2) is 52.4 Å². The van der Waals surface area contributed by atoms with Gasteiger partial charge in [0.05, 0.1) is 22.3 Å². The average molecular weight is 473 g/mol. The van der Waals surface area contributed by atoms with Crippen LogP contribution in [0.5, 0.6) is 0 Å². The number of hydrogen-bond acceptors (Lipinski definition) is 5. The van der Waals surface area contributed by atoms with Gasteiger partial charge in [-0.05, 0) is 56.4 Å². The summed E-state index contributed by atoms with van der Waals surface area (Å²) in [6, 6.07) is 9.14. The van der Waals surface area contributed by atoms with Crippen molar-refractivity contribution in [3.05, 3.63) is 64.5 Å². The van der Waals surface area contributed by atoms with E-state index in [-0.39, 0.29) is 21.3 Å². The Labute approximate surface area is 192 Å². The number of fused-ring (bicyclic) bond motifs is 1. The van der Waals surface area contributed by atoms with Gasteiger partial charge >= 0.3 is 0 Å². The number of aromatic amines is 1. The zero-order chi connectivity index (χ0) is 23.6. The highest BCUT2D eigenvalue weighted by atomic mass is 32.2. The van der Waals surface area contributed by atoms with Gasteiger partial charge in [0.2, 0.25) is 0 Å². The highest BCUT2D eigenvalue weighted by molar-refractivity contribution is 7.92. The third kappa shape index (κ3) is 5.09. The molecule has 0 radical (unpaired) electrons. The van der Waals surface area contributed by atoms with E-state index in [9.17, 15) is 17.6 Å². The quantitative estimate of drug-likeness (QED) is 0.475. The maximum absolute atomic E-state index is 14.5. The molecule has 176 valence electrons. The molecule has 3 aromatic rings. The number of nitrogens with zero attached hydrogens (tertiary/aromatic N) is 1. The summed E-state index contributed by atoms with van der Waals surface area (Å²) in [6.07, 6.45) is 7.23. The van der Waals surface area contributed by atoms with Crippen molar-refractivity contribution in [2.45, 2.75) is 62.9 Å². The zero-order valence-electron chi connectivity index (χ0n) is 18.8. The van der Waals surface area contributed by atoms with Crippen LogP contribution in [0, 0.1) is 11.7 Å². The Bertz CT molecular complexity index is 1310. The number of aromatic nitrogens is 2. The molecule has 1 aliphatic rings. The van der Waals surface area contributed by atoms with E-state index in [1.165, 1.54) is 32.1 Å². The number of benzene rings is 2. The Morgan fingerprint density at radius 1 is 1.15 bits per heavy atom. The first-order valence-electron chi connectivity index (χ1n) is 11.2. The molecule has 0 aliphatic heterocycles. The minimum Gasteiger partial charge on any atom is -0.313 e. The number of H-pyrrole nitrogens is 1. The summed E-state index contributed by atoms with van der Waals surface area (Å²) in [6.45, 7) is 4.87. The molecule has 7 nitrogen and oxygen atoms in total. The second kappa shape index (κ2) is 9.23. The Morgan fingerprint density at radius 2 is 1.88 bits per heavy atom. The SMILES string of the molecule is CC(C)(NCc1ccccc1NS(=O)(=O)c1cc(F)c2nc[nH]c(=O)c2c1)C1CCCCC1. The van der Waals surface area contributed by atoms with Gasteiger partial charge in [-0.2, -0.15) is 0 Å². The molecule has 4 rings (SSSR count). The van der Waals surface area contributed by atoms with Gasteiger partial charge in [0.1, 0.15) is 5.52 Å². The zero-order valence-corrected chi connectivity index (χ0v) is 19.6. The van der Waals surface area contributed by atoms with E-state index in [1.807, 2.05) is 12.1 Å². The molecule has 33 heavy (non-hydrogen) atoms.